The van der Waals surface area contributed by atoms with Gasteiger partial charge in [-0.25, -0.2) is 4.39 Å². The van der Waals surface area contributed by atoms with Gasteiger partial charge in [-0.05, 0) is 44.9 Å². The molecule has 0 bridgehead atoms. The van der Waals surface area contributed by atoms with Gasteiger partial charge in [0.1, 0.15) is 5.82 Å². The number of rotatable bonds is 11. The van der Waals surface area contributed by atoms with E-state index in [1.54, 1.807) is 32.0 Å². The Bertz CT molecular complexity index is 929. The number of nitrogens with zero attached hydrogens (tertiary/aromatic N) is 2. The summed E-state index contributed by atoms with van der Waals surface area (Å²) < 4.78 is 19.8. The van der Waals surface area contributed by atoms with Crippen molar-refractivity contribution in [1.82, 2.24) is 9.80 Å². The first-order valence-corrected chi connectivity index (χ1v) is 12.9. The molecule has 0 amide bonds. The van der Waals surface area contributed by atoms with Crippen molar-refractivity contribution in [3.05, 3.63) is 47.3 Å². The average Bonchev–Trinajstić information content (AvgIpc) is 3.64. The molecule has 36 heavy (non-hydrogen) atoms. The maximum absolute atomic E-state index is 14.8. The third kappa shape index (κ3) is 9.45. The quantitative estimate of drug-likeness (QED) is 0.282. The first-order valence-electron chi connectivity index (χ1n) is 12.0. The summed E-state index contributed by atoms with van der Waals surface area (Å²) in [6.45, 7) is 6.03. The SMILES string of the molecule is CCOC(=O)CCN(C)C/C=C1\CN(C(C(=O)C2CC2)c2ccccc2F)CCC1SC(C)=O.Cl.Cl. The van der Waals surface area contributed by atoms with Crippen LogP contribution in [0, 0.1) is 11.7 Å². The lowest BCUT2D eigenvalue weighted by molar-refractivity contribution is -0.143. The van der Waals surface area contributed by atoms with Gasteiger partial charge in [0.25, 0.3) is 0 Å². The van der Waals surface area contributed by atoms with Crippen molar-refractivity contribution in [2.45, 2.75) is 50.8 Å². The third-order valence-electron chi connectivity index (χ3n) is 6.27. The van der Waals surface area contributed by atoms with Crippen molar-refractivity contribution >= 4 is 53.4 Å². The van der Waals surface area contributed by atoms with Crippen LogP contribution in [-0.2, 0) is 19.1 Å². The number of esters is 1. The highest BCUT2D eigenvalue weighted by molar-refractivity contribution is 8.14. The molecular weight excluding hydrogens is 526 g/mol. The number of likely N-dealkylation sites (tertiary alicyclic amines) is 1. The van der Waals surface area contributed by atoms with Crippen molar-refractivity contribution in [2.75, 3.05) is 39.8 Å². The predicted octanol–water partition coefficient (Wildman–Crippen LogP) is 4.85. The Morgan fingerprint density at radius 1 is 1.22 bits per heavy atom. The number of ketones is 1. The number of piperidine rings is 1. The molecule has 2 unspecified atom stereocenters. The van der Waals surface area contributed by atoms with Gasteiger partial charge in [0.05, 0.1) is 19.1 Å². The van der Waals surface area contributed by atoms with Gasteiger partial charge in [-0.15, -0.1) is 24.8 Å². The van der Waals surface area contributed by atoms with Crippen LogP contribution in [0.25, 0.3) is 0 Å². The van der Waals surface area contributed by atoms with Crippen LogP contribution >= 0.6 is 36.6 Å². The van der Waals surface area contributed by atoms with Gasteiger partial charge in [0.2, 0.25) is 0 Å². The smallest absolute Gasteiger partial charge is 0.307 e. The summed E-state index contributed by atoms with van der Waals surface area (Å²) in [6.07, 6.45) is 4.86. The van der Waals surface area contributed by atoms with Crippen molar-refractivity contribution in [1.29, 1.82) is 0 Å². The van der Waals surface area contributed by atoms with E-state index in [0.29, 0.717) is 51.2 Å². The molecule has 1 aliphatic carbocycles. The molecule has 1 aromatic carbocycles. The Kier molecular flexibility index (Phi) is 14.2. The second kappa shape index (κ2) is 15.7. The van der Waals surface area contributed by atoms with Gasteiger partial charge in [-0.2, -0.15) is 0 Å². The number of hydrogen-bond acceptors (Lipinski definition) is 7. The lowest BCUT2D eigenvalue weighted by Crippen LogP contribution is -2.43. The molecule has 202 valence electrons. The van der Waals surface area contributed by atoms with E-state index in [1.165, 1.54) is 17.8 Å². The van der Waals surface area contributed by atoms with Crippen LogP contribution in [0.15, 0.2) is 35.9 Å². The van der Waals surface area contributed by atoms with Gasteiger partial charge in [0.15, 0.2) is 10.9 Å². The van der Waals surface area contributed by atoms with E-state index in [4.69, 9.17) is 4.74 Å². The number of ether oxygens (including phenoxy) is 1. The van der Waals surface area contributed by atoms with Crippen LogP contribution < -0.4 is 0 Å². The number of hydrogen-bond donors (Lipinski definition) is 0. The lowest BCUT2D eigenvalue weighted by Gasteiger charge is -2.38. The molecule has 1 heterocycles. The van der Waals surface area contributed by atoms with Crippen LogP contribution in [-0.4, -0.2) is 71.8 Å². The van der Waals surface area contributed by atoms with Gasteiger partial charge < -0.3 is 9.64 Å². The fourth-order valence-electron chi connectivity index (χ4n) is 4.33. The molecule has 3 rings (SSSR count). The molecule has 2 fully saturated rings. The molecule has 0 aromatic heterocycles. The van der Waals surface area contributed by atoms with Crippen molar-refractivity contribution in [3.8, 4) is 0 Å². The van der Waals surface area contributed by atoms with Crippen molar-refractivity contribution in [2.24, 2.45) is 5.92 Å². The van der Waals surface area contributed by atoms with Crippen LogP contribution in [0.3, 0.4) is 0 Å². The first-order chi connectivity index (χ1) is 16.3. The Balaban J connectivity index is 0.00000324. The third-order valence-corrected chi connectivity index (χ3v) is 7.42. The lowest BCUT2D eigenvalue weighted by atomic mass is 9.93. The maximum atomic E-state index is 14.8. The molecule has 0 spiro atoms. The number of halogens is 3. The zero-order valence-electron chi connectivity index (χ0n) is 21.1. The topological polar surface area (TPSA) is 66.9 Å². The molecule has 1 saturated carbocycles. The predicted molar refractivity (Wildman–Crippen MR) is 146 cm³/mol. The summed E-state index contributed by atoms with van der Waals surface area (Å²) in [5.41, 5.74) is 1.50. The number of benzene rings is 1. The van der Waals surface area contributed by atoms with Gasteiger partial charge in [-0.1, -0.05) is 36.0 Å². The number of carbonyl (C=O) groups is 3. The van der Waals surface area contributed by atoms with Gasteiger partial charge in [0, 0.05) is 49.8 Å². The highest BCUT2D eigenvalue weighted by atomic mass is 35.5. The normalized spacial score (nSPS) is 19.8. The molecule has 2 atom stereocenters. The van der Waals surface area contributed by atoms with E-state index in [9.17, 15) is 18.8 Å². The fourth-order valence-corrected chi connectivity index (χ4v) is 5.28. The Labute approximate surface area is 230 Å². The molecule has 2 aliphatic rings. The largest absolute Gasteiger partial charge is 0.466 e. The Morgan fingerprint density at radius 3 is 2.53 bits per heavy atom. The summed E-state index contributed by atoms with van der Waals surface area (Å²) in [4.78, 5) is 40.9. The molecular formula is C26H37Cl2FN2O4S. The van der Waals surface area contributed by atoms with Gasteiger partial charge >= 0.3 is 5.97 Å². The zero-order valence-corrected chi connectivity index (χ0v) is 23.6. The number of likely N-dealkylation sites (N-methyl/N-ethyl adjacent to an activating group) is 1. The van der Waals surface area contributed by atoms with Crippen molar-refractivity contribution in [3.63, 3.8) is 0 Å². The molecule has 0 N–H and O–H groups in total. The second-order valence-electron chi connectivity index (χ2n) is 9.05. The van der Waals surface area contributed by atoms with Gasteiger partial charge in [-0.3, -0.25) is 19.3 Å². The first kappa shape index (κ1) is 32.6. The van der Waals surface area contributed by atoms with E-state index in [-0.39, 0.29) is 58.7 Å². The summed E-state index contributed by atoms with van der Waals surface area (Å²) in [5.74, 6) is -0.475. The highest BCUT2D eigenvalue weighted by Gasteiger charge is 2.41. The van der Waals surface area contributed by atoms with E-state index < -0.39 is 6.04 Å². The molecule has 1 aromatic rings. The minimum absolute atomic E-state index is 0. The Hall–Kier alpha value is -1.45. The second-order valence-corrected chi connectivity index (χ2v) is 10.4. The summed E-state index contributed by atoms with van der Waals surface area (Å²) >= 11 is 1.31. The van der Waals surface area contributed by atoms with E-state index in [0.717, 1.165) is 18.4 Å². The molecule has 1 saturated heterocycles. The standard InChI is InChI=1S/C26H35FN2O4S.2ClH/c1-4-33-24(31)13-15-28(3)14-11-20-17-29(16-12-23(20)34-18(2)30)25(26(32)19-9-10-19)21-7-5-6-8-22(21)27;;/h5-8,11,19,23,25H,4,9-10,12-17H2,1-3H3;2*1H/b20-11+;;. The van der Waals surface area contributed by atoms with E-state index in [1.807, 2.05) is 11.9 Å². The van der Waals surface area contributed by atoms with E-state index >= 15 is 0 Å². The van der Waals surface area contributed by atoms with Crippen molar-refractivity contribution < 1.29 is 23.5 Å². The fraction of sp³-hybridized carbons (Fsp3) is 0.577. The average molecular weight is 564 g/mol. The molecule has 1 aliphatic heterocycles. The monoisotopic (exact) mass is 562 g/mol. The van der Waals surface area contributed by atoms with Crippen LogP contribution in [0.5, 0.6) is 0 Å². The minimum atomic E-state index is -0.609. The Morgan fingerprint density at radius 2 is 1.92 bits per heavy atom. The molecule has 6 nitrogen and oxygen atoms in total. The summed E-state index contributed by atoms with van der Waals surface area (Å²) in [6, 6.07) is 5.94. The van der Waals surface area contributed by atoms with Crippen LogP contribution in [0.2, 0.25) is 0 Å². The summed E-state index contributed by atoms with van der Waals surface area (Å²) in [7, 11) is 1.93. The number of thioether (sulfide) groups is 1. The maximum Gasteiger partial charge on any atom is 0.307 e. The molecule has 10 heteroatoms. The van der Waals surface area contributed by atoms with E-state index in [2.05, 4.69) is 11.0 Å². The number of carbonyl (C=O) groups excluding carboxylic acids is 3. The minimum Gasteiger partial charge on any atom is -0.466 e. The highest BCUT2D eigenvalue weighted by Crippen LogP contribution is 2.40. The van der Waals surface area contributed by atoms with Crippen LogP contribution in [0.4, 0.5) is 4.39 Å². The zero-order chi connectivity index (χ0) is 24.7. The van der Waals surface area contributed by atoms with Crippen LogP contribution in [0.1, 0.15) is 51.1 Å². The molecule has 0 radical (unpaired) electrons. The number of Topliss-reactive ketones (excluding diaryl/α,β-unsaturated/α-hetero) is 1. The summed E-state index contributed by atoms with van der Waals surface area (Å²) in [5, 5.41) is 0.0873.